The van der Waals surface area contributed by atoms with E-state index in [0.29, 0.717) is 30.6 Å². The fourth-order valence-electron chi connectivity index (χ4n) is 1.85. The third-order valence-electron chi connectivity index (χ3n) is 2.89. The van der Waals surface area contributed by atoms with Crippen LogP contribution in [-0.4, -0.2) is 37.8 Å². The van der Waals surface area contributed by atoms with Gasteiger partial charge in [-0.2, -0.15) is 0 Å². The van der Waals surface area contributed by atoms with E-state index in [1.54, 1.807) is 7.05 Å². The van der Waals surface area contributed by atoms with Gasteiger partial charge in [-0.15, -0.1) is 0 Å². The number of alkyl carbamates (subject to hydrolysis) is 1. The van der Waals surface area contributed by atoms with Crippen LogP contribution in [0.15, 0.2) is 29.3 Å². The molecular formula is C17H27ClN4O2. The Morgan fingerprint density at radius 2 is 1.92 bits per heavy atom. The van der Waals surface area contributed by atoms with Crippen molar-refractivity contribution in [3.05, 3.63) is 34.9 Å². The minimum absolute atomic E-state index is 0.397. The summed E-state index contributed by atoms with van der Waals surface area (Å²) in [5.41, 5.74) is 0.603. The van der Waals surface area contributed by atoms with E-state index in [4.69, 9.17) is 16.3 Å². The molecule has 24 heavy (non-hydrogen) atoms. The molecule has 134 valence electrons. The summed E-state index contributed by atoms with van der Waals surface area (Å²) in [5, 5.41) is 9.83. The Morgan fingerprint density at radius 3 is 2.54 bits per heavy atom. The van der Waals surface area contributed by atoms with E-state index in [1.165, 1.54) is 0 Å². The maximum Gasteiger partial charge on any atom is 0.407 e. The van der Waals surface area contributed by atoms with Crippen LogP contribution in [0.4, 0.5) is 4.79 Å². The van der Waals surface area contributed by atoms with Gasteiger partial charge in [0, 0.05) is 31.7 Å². The van der Waals surface area contributed by atoms with E-state index in [0.717, 1.165) is 12.0 Å². The Balaban J connectivity index is 2.19. The van der Waals surface area contributed by atoms with E-state index in [-0.39, 0.29) is 0 Å². The number of benzene rings is 1. The highest BCUT2D eigenvalue weighted by molar-refractivity contribution is 6.30. The summed E-state index contributed by atoms with van der Waals surface area (Å²) in [6.45, 7) is 7.37. The van der Waals surface area contributed by atoms with Crippen molar-refractivity contribution in [1.82, 2.24) is 16.0 Å². The van der Waals surface area contributed by atoms with Gasteiger partial charge in [0.05, 0.1) is 0 Å². The molecule has 0 saturated carbocycles. The van der Waals surface area contributed by atoms with Crippen LogP contribution in [0.25, 0.3) is 0 Å². The lowest BCUT2D eigenvalue weighted by atomic mass is 10.2. The summed E-state index contributed by atoms with van der Waals surface area (Å²) in [6.07, 6.45) is 0.364. The predicted octanol–water partition coefficient (Wildman–Crippen LogP) is 2.92. The topological polar surface area (TPSA) is 74.8 Å². The van der Waals surface area contributed by atoms with Crippen molar-refractivity contribution in [2.75, 3.05) is 20.1 Å². The number of rotatable bonds is 6. The molecule has 0 bridgehead atoms. The molecule has 0 saturated heterocycles. The van der Waals surface area contributed by atoms with E-state index >= 15 is 0 Å². The summed E-state index contributed by atoms with van der Waals surface area (Å²) >= 11 is 5.96. The van der Waals surface area contributed by atoms with Gasteiger partial charge < -0.3 is 20.7 Å². The lowest BCUT2D eigenvalue weighted by Crippen LogP contribution is -2.39. The first kappa shape index (κ1) is 20.1. The second kappa shape index (κ2) is 10.0. The van der Waals surface area contributed by atoms with Crippen molar-refractivity contribution < 1.29 is 9.53 Å². The summed E-state index contributed by atoms with van der Waals surface area (Å²) in [5.74, 6) is 0.701. The molecule has 1 rings (SSSR count). The second-order valence-corrected chi connectivity index (χ2v) is 6.70. The van der Waals surface area contributed by atoms with E-state index in [2.05, 4.69) is 20.9 Å². The summed E-state index contributed by atoms with van der Waals surface area (Å²) < 4.78 is 5.17. The van der Waals surface area contributed by atoms with Gasteiger partial charge in [0.2, 0.25) is 0 Å². The first-order valence-corrected chi connectivity index (χ1v) is 8.34. The molecule has 0 radical (unpaired) electrons. The van der Waals surface area contributed by atoms with Crippen molar-refractivity contribution >= 4 is 23.7 Å². The molecule has 0 fully saturated rings. The fourth-order valence-corrected chi connectivity index (χ4v) is 2.07. The highest BCUT2D eigenvalue weighted by Gasteiger charge is 2.15. The molecule has 0 aliphatic rings. The highest BCUT2D eigenvalue weighted by atomic mass is 35.5. The highest BCUT2D eigenvalue weighted by Crippen LogP contribution is 2.10. The van der Waals surface area contributed by atoms with Gasteiger partial charge in [-0.25, -0.2) is 4.79 Å². The van der Waals surface area contributed by atoms with Crippen LogP contribution in [0.3, 0.4) is 0 Å². The molecule has 0 aliphatic heterocycles. The monoisotopic (exact) mass is 354 g/mol. The van der Waals surface area contributed by atoms with Crippen molar-refractivity contribution in [3.8, 4) is 0 Å². The number of hydrogen-bond acceptors (Lipinski definition) is 3. The number of nitrogens with zero attached hydrogens (tertiary/aromatic N) is 1. The molecule has 7 heteroatoms. The standard InChI is InChI=1S/C17H27ClN4O2/c1-17(2,3)24-16(23)21-10-6-9-20-15(19-4)22-12-13-7-5-8-14(18)11-13/h5,7-8,11H,6,9-10,12H2,1-4H3,(H,21,23)(H2,19,20,22). The van der Waals surface area contributed by atoms with Gasteiger partial charge in [-0.05, 0) is 44.9 Å². The SMILES string of the molecule is CN=C(NCCCNC(=O)OC(C)(C)C)NCc1cccc(Cl)c1. The minimum Gasteiger partial charge on any atom is -0.444 e. The van der Waals surface area contributed by atoms with Crippen LogP contribution < -0.4 is 16.0 Å². The lowest BCUT2D eigenvalue weighted by molar-refractivity contribution is 0.0527. The molecule has 1 amide bonds. The third kappa shape index (κ3) is 9.25. The van der Waals surface area contributed by atoms with Crippen LogP contribution in [0, 0.1) is 0 Å². The number of halogens is 1. The van der Waals surface area contributed by atoms with Crippen LogP contribution in [-0.2, 0) is 11.3 Å². The molecule has 0 atom stereocenters. The molecular weight excluding hydrogens is 328 g/mol. The molecule has 0 spiro atoms. The zero-order chi connectivity index (χ0) is 18.0. The lowest BCUT2D eigenvalue weighted by Gasteiger charge is -2.19. The second-order valence-electron chi connectivity index (χ2n) is 6.26. The number of amides is 1. The van der Waals surface area contributed by atoms with Gasteiger partial charge in [-0.1, -0.05) is 23.7 Å². The zero-order valence-corrected chi connectivity index (χ0v) is 15.5. The van der Waals surface area contributed by atoms with Gasteiger partial charge in [0.25, 0.3) is 0 Å². The van der Waals surface area contributed by atoms with E-state index < -0.39 is 11.7 Å². The number of aliphatic imine (C=N–C) groups is 1. The zero-order valence-electron chi connectivity index (χ0n) is 14.8. The molecule has 6 nitrogen and oxygen atoms in total. The van der Waals surface area contributed by atoms with Crippen LogP contribution in [0.1, 0.15) is 32.8 Å². The Bertz CT molecular complexity index is 556. The fraction of sp³-hybridized carbons (Fsp3) is 0.529. The molecule has 0 aliphatic carbocycles. The number of carbonyl (C=O) groups is 1. The number of carbonyl (C=O) groups excluding carboxylic acids is 1. The molecule has 0 aromatic heterocycles. The van der Waals surface area contributed by atoms with Gasteiger partial charge in [-0.3, -0.25) is 4.99 Å². The van der Waals surface area contributed by atoms with Gasteiger partial charge in [0.1, 0.15) is 5.60 Å². The van der Waals surface area contributed by atoms with Crippen LogP contribution in [0.5, 0.6) is 0 Å². The smallest absolute Gasteiger partial charge is 0.407 e. The first-order valence-electron chi connectivity index (χ1n) is 7.96. The van der Waals surface area contributed by atoms with E-state index in [9.17, 15) is 4.79 Å². The first-order chi connectivity index (χ1) is 11.3. The average molecular weight is 355 g/mol. The predicted molar refractivity (Wildman–Crippen MR) is 98.5 cm³/mol. The molecule has 0 heterocycles. The largest absolute Gasteiger partial charge is 0.444 e. The average Bonchev–Trinajstić information content (AvgIpc) is 2.48. The van der Waals surface area contributed by atoms with Crippen LogP contribution in [0.2, 0.25) is 5.02 Å². The number of hydrogen-bond donors (Lipinski definition) is 3. The Labute approximate surface area is 149 Å². The summed E-state index contributed by atoms with van der Waals surface area (Å²) in [7, 11) is 1.71. The Hall–Kier alpha value is -1.95. The number of ether oxygens (including phenoxy) is 1. The molecule has 0 unspecified atom stereocenters. The van der Waals surface area contributed by atoms with Crippen molar-refractivity contribution in [2.45, 2.75) is 39.3 Å². The minimum atomic E-state index is -0.478. The van der Waals surface area contributed by atoms with Gasteiger partial charge in [0.15, 0.2) is 5.96 Å². The third-order valence-corrected chi connectivity index (χ3v) is 3.12. The normalized spacial score (nSPS) is 11.8. The van der Waals surface area contributed by atoms with Crippen LogP contribution >= 0.6 is 11.6 Å². The van der Waals surface area contributed by atoms with E-state index in [1.807, 2.05) is 45.0 Å². The summed E-state index contributed by atoms with van der Waals surface area (Å²) in [4.78, 5) is 15.7. The maximum absolute atomic E-state index is 11.5. The number of nitrogens with one attached hydrogen (secondary N) is 3. The summed E-state index contributed by atoms with van der Waals surface area (Å²) in [6, 6.07) is 7.66. The van der Waals surface area contributed by atoms with Gasteiger partial charge >= 0.3 is 6.09 Å². The molecule has 1 aromatic rings. The quantitative estimate of drug-likeness (QED) is 0.417. The maximum atomic E-state index is 11.5. The molecule has 1 aromatic carbocycles. The van der Waals surface area contributed by atoms with Crippen molar-refractivity contribution in [3.63, 3.8) is 0 Å². The van der Waals surface area contributed by atoms with Crippen molar-refractivity contribution in [2.24, 2.45) is 4.99 Å². The van der Waals surface area contributed by atoms with Crippen molar-refractivity contribution in [1.29, 1.82) is 0 Å². The Morgan fingerprint density at radius 1 is 1.21 bits per heavy atom. The molecule has 3 N–H and O–H groups in total. The number of guanidine groups is 1. The Kier molecular flexibility index (Phi) is 8.40.